The topological polar surface area (TPSA) is 46.3 Å². The molecule has 3 rings (SSSR count). The molecular weight excluding hydrogens is 374 g/mol. The van der Waals surface area contributed by atoms with Crippen LogP contribution < -0.4 is 0 Å². The highest BCUT2D eigenvalue weighted by atomic mass is 35.5. The largest absolute Gasteiger partial charge is 0.441 e. The zero-order valence-corrected chi connectivity index (χ0v) is 15.3. The monoisotopic (exact) mass is 390 g/mol. The third kappa shape index (κ3) is 4.71. The van der Waals surface area contributed by atoms with Gasteiger partial charge >= 0.3 is 0 Å². The van der Waals surface area contributed by atoms with Gasteiger partial charge in [-0.25, -0.2) is 13.8 Å². The van der Waals surface area contributed by atoms with Crippen molar-refractivity contribution in [3.05, 3.63) is 76.8 Å². The molecule has 0 saturated heterocycles. The van der Waals surface area contributed by atoms with Gasteiger partial charge in [-0.1, -0.05) is 29.8 Å². The van der Waals surface area contributed by atoms with Crippen LogP contribution in [0.5, 0.6) is 0 Å². The van der Waals surface area contributed by atoms with E-state index >= 15 is 0 Å². The Bertz CT molecular complexity index is 959. The Labute approximate surface area is 160 Å². The maximum absolute atomic E-state index is 13.7. The molecule has 0 atom stereocenters. The molecule has 0 unspecified atom stereocenters. The van der Waals surface area contributed by atoms with E-state index in [4.69, 9.17) is 16.0 Å². The van der Waals surface area contributed by atoms with E-state index in [1.54, 1.807) is 19.3 Å². The molecule has 3 aromatic rings. The van der Waals surface area contributed by atoms with E-state index in [2.05, 4.69) is 4.98 Å². The van der Waals surface area contributed by atoms with Crippen molar-refractivity contribution in [3.8, 4) is 11.3 Å². The second-order valence-electron chi connectivity index (χ2n) is 6.08. The quantitative estimate of drug-likeness (QED) is 0.603. The lowest BCUT2D eigenvalue weighted by Gasteiger charge is -2.17. The number of amides is 1. The Balaban J connectivity index is 1.58. The number of aromatic nitrogens is 1. The summed E-state index contributed by atoms with van der Waals surface area (Å²) >= 11 is 6.13. The predicted octanol–water partition coefficient (Wildman–Crippen LogP) is 4.86. The van der Waals surface area contributed by atoms with E-state index in [1.165, 1.54) is 17.0 Å². The number of hydrogen-bond acceptors (Lipinski definition) is 3. The smallest absolute Gasteiger partial charge is 0.223 e. The zero-order chi connectivity index (χ0) is 19.4. The van der Waals surface area contributed by atoms with Gasteiger partial charge in [-0.2, -0.15) is 0 Å². The molecule has 140 valence electrons. The summed E-state index contributed by atoms with van der Waals surface area (Å²) in [6.45, 7) is 0.0569. The fourth-order valence-corrected chi connectivity index (χ4v) is 2.84. The molecule has 0 aliphatic rings. The Morgan fingerprint density at radius 2 is 2.00 bits per heavy atom. The third-order valence-electron chi connectivity index (χ3n) is 4.09. The van der Waals surface area contributed by atoms with Crippen LogP contribution in [0.3, 0.4) is 0 Å². The summed E-state index contributed by atoms with van der Waals surface area (Å²) in [5.74, 6) is -0.573. The molecule has 1 heterocycles. The van der Waals surface area contributed by atoms with Crippen molar-refractivity contribution < 1.29 is 18.0 Å². The van der Waals surface area contributed by atoms with E-state index < -0.39 is 11.6 Å². The molecule has 0 aliphatic heterocycles. The minimum Gasteiger partial charge on any atom is -0.441 e. The van der Waals surface area contributed by atoms with Crippen molar-refractivity contribution in [1.29, 1.82) is 0 Å². The maximum atomic E-state index is 13.7. The molecule has 4 nitrogen and oxygen atoms in total. The van der Waals surface area contributed by atoms with Crippen molar-refractivity contribution in [3.63, 3.8) is 0 Å². The Morgan fingerprint density at radius 3 is 2.74 bits per heavy atom. The van der Waals surface area contributed by atoms with Gasteiger partial charge in [-0.05, 0) is 18.2 Å². The fraction of sp³-hybridized carbons (Fsp3) is 0.200. The summed E-state index contributed by atoms with van der Waals surface area (Å²) in [6, 6.07) is 10.5. The highest BCUT2D eigenvalue weighted by Crippen LogP contribution is 2.28. The minimum atomic E-state index is -0.674. The zero-order valence-electron chi connectivity index (χ0n) is 14.6. The highest BCUT2D eigenvalue weighted by molar-refractivity contribution is 6.33. The first-order valence-electron chi connectivity index (χ1n) is 8.31. The first-order valence-corrected chi connectivity index (χ1v) is 8.69. The molecule has 0 spiro atoms. The van der Waals surface area contributed by atoms with Crippen LogP contribution in [0.2, 0.25) is 5.02 Å². The van der Waals surface area contributed by atoms with Crippen molar-refractivity contribution in [1.82, 2.24) is 9.88 Å². The van der Waals surface area contributed by atoms with Crippen LogP contribution in [-0.4, -0.2) is 22.8 Å². The van der Waals surface area contributed by atoms with Gasteiger partial charge in [0.1, 0.15) is 11.6 Å². The molecule has 2 aromatic carbocycles. The summed E-state index contributed by atoms with van der Waals surface area (Å²) in [7, 11) is 1.57. The minimum absolute atomic E-state index is 0.0569. The van der Waals surface area contributed by atoms with Gasteiger partial charge in [0.05, 0.1) is 11.2 Å². The van der Waals surface area contributed by atoms with E-state index in [1.807, 2.05) is 18.2 Å². The summed E-state index contributed by atoms with van der Waals surface area (Å²) in [5, 5.41) is 0.553. The van der Waals surface area contributed by atoms with Gasteiger partial charge in [-0.3, -0.25) is 4.79 Å². The maximum Gasteiger partial charge on any atom is 0.223 e. The number of hydrogen-bond donors (Lipinski definition) is 0. The number of oxazole rings is 1. The molecule has 0 fully saturated rings. The summed E-state index contributed by atoms with van der Waals surface area (Å²) in [4.78, 5) is 17.8. The SMILES string of the molecule is CN(Cc1ccc(F)cc1F)C(=O)CCc1ncc(-c2ccccc2Cl)o1. The van der Waals surface area contributed by atoms with Crippen LogP contribution in [0.25, 0.3) is 11.3 Å². The standard InChI is InChI=1S/C20H17ClF2N2O2/c1-25(12-13-6-7-14(22)10-17(13)23)20(26)9-8-19-24-11-18(27-19)15-4-2-3-5-16(15)21/h2-7,10-11H,8-9,12H2,1H3. The predicted molar refractivity (Wildman–Crippen MR) is 98.1 cm³/mol. The van der Waals surface area contributed by atoms with Crippen molar-refractivity contribution in [2.45, 2.75) is 19.4 Å². The number of aryl methyl sites for hydroxylation is 1. The van der Waals surface area contributed by atoms with Crippen LogP contribution in [-0.2, 0) is 17.8 Å². The number of carbonyl (C=O) groups excluding carboxylic acids is 1. The lowest BCUT2D eigenvalue weighted by atomic mass is 10.2. The Kier molecular flexibility index (Phi) is 5.86. The molecule has 1 aromatic heterocycles. The summed E-state index contributed by atoms with van der Waals surface area (Å²) < 4.78 is 32.3. The average Bonchev–Trinajstić information content (AvgIpc) is 3.11. The van der Waals surface area contributed by atoms with Gasteiger partial charge in [0, 0.05) is 43.6 Å². The van der Waals surface area contributed by atoms with Gasteiger partial charge < -0.3 is 9.32 Å². The van der Waals surface area contributed by atoms with Gasteiger partial charge in [0.15, 0.2) is 11.7 Å². The number of halogens is 3. The first kappa shape index (κ1) is 19.0. The molecule has 7 heteroatoms. The fourth-order valence-electron chi connectivity index (χ4n) is 2.61. The summed E-state index contributed by atoms with van der Waals surface area (Å²) in [5.41, 5.74) is 0.984. The van der Waals surface area contributed by atoms with Crippen LogP contribution in [0.1, 0.15) is 17.9 Å². The van der Waals surface area contributed by atoms with Crippen LogP contribution in [0.15, 0.2) is 53.1 Å². The van der Waals surface area contributed by atoms with Crippen LogP contribution in [0.4, 0.5) is 8.78 Å². The second-order valence-corrected chi connectivity index (χ2v) is 6.49. The van der Waals surface area contributed by atoms with Gasteiger partial charge in [0.25, 0.3) is 0 Å². The van der Waals surface area contributed by atoms with Crippen molar-refractivity contribution in [2.24, 2.45) is 0 Å². The van der Waals surface area contributed by atoms with Crippen molar-refractivity contribution >= 4 is 17.5 Å². The number of carbonyl (C=O) groups is 1. The van der Waals surface area contributed by atoms with E-state index in [0.29, 0.717) is 23.1 Å². The van der Waals surface area contributed by atoms with Crippen LogP contribution in [0, 0.1) is 11.6 Å². The molecule has 1 amide bonds. The second kappa shape index (κ2) is 8.31. The number of nitrogens with zero attached hydrogens (tertiary/aromatic N) is 2. The van der Waals surface area contributed by atoms with E-state index in [9.17, 15) is 13.6 Å². The normalized spacial score (nSPS) is 10.8. The third-order valence-corrected chi connectivity index (χ3v) is 4.42. The first-order chi connectivity index (χ1) is 12.9. The number of rotatable bonds is 6. The molecule has 27 heavy (non-hydrogen) atoms. The average molecular weight is 391 g/mol. The number of benzene rings is 2. The van der Waals surface area contributed by atoms with E-state index in [-0.39, 0.29) is 24.4 Å². The Morgan fingerprint density at radius 1 is 1.22 bits per heavy atom. The lowest BCUT2D eigenvalue weighted by Crippen LogP contribution is -2.26. The molecule has 0 aliphatic carbocycles. The van der Waals surface area contributed by atoms with Gasteiger partial charge in [-0.15, -0.1) is 0 Å². The molecule has 0 radical (unpaired) electrons. The molecule has 0 saturated carbocycles. The van der Waals surface area contributed by atoms with Crippen LogP contribution >= 0.6 is 11.6 Å². The van der Waals surface area contributed by atoms with E-state index in [0.717, 1.165) is 11.6 Å². The van der Waals surface area contributed by atoms with Gasteiger partial charge in [0.2, 0.25) is 5.91 Å². The molecule has 0 bridgehead atoms. The Hall–Kier alpha value is -2.73. The highest BCUT2D eigenvalue weighted by Gasteiger charge is 2.15. The molecular formula is C20H17ClF2N2O2. The van der Waals surface area contributed by atoms with Crippen molar-refractivity contribution in [2.75, 3.05) is 7.05 Å². The lowest BCUT2D eigenvalue weighted by molar-refractivity contribution is -0.130. The summed E-state index contributed by atoms with van der Waals surface area (Å²) in [6.07, 6.45) is 2.03. The molecule has 0 N–H and O–H groups in total.